The Morgan fingerprint density at radius 3 is 1.60 bits per heavy atom. The van der Waals surface area contributed by atoms with Gasteiger partial charge in [-0.15, -0.1) is 0 Å². The maximum atomic E-state index is 9.91. The van der Waals surface area contributed by atoms with Crippen LogP contribution < -0.4 is 0 Å². The summed E-state index contributed by atoms with van der Waals surface area (Å²) in [6.45, 7) is 4.58. The number of rotatable bonds is 2. The number of hydrogen-bond acceptors (Lipinski definition) is 3. The van der Waals surface area contributed by atoms with Crippen molar-refractivity contribution in [3.8, 4) is 40.7 Å². The van der Waals surface area contributed by atoms with Crippen LogP contribution in [0.4, 0.5) is 0 Å². The maximum absolute atomic E-state index is 9.91. The van der Waals surface area contributed by atoms with E-state index in [4.69, 9.17) is 0 Å². The monoisotopic (exact) mass is 599 g/mol. The lowest BCUT2D eigenvalue weighted by Crippen LogP contribution is -2.14. The lowest BCUT2D eigenvalue weighted by molar-refractivity contribution is 0.661. The summed E-state index contributed by atoms with van der Waals surface area (Å²) in [7, 11) is 0. The number of benzene rings is 6. The molecule has 218 valence electrons. The summed E-state index contributed by atoms with van der Waals surface area (Å²) < 4.78 is 4.51. The second-order valence-corrected chi connectivity index (χ2v) is 12.8. The van der Waals surface area contributed by atoms with Crippen molar-refractivity contribution in [3.63, 3.8) is 0 Å². The fraction of sp³-hybridized carbons (Fsp3) is 0.0714. The molecule has 0 aliphatic heterocycles. The Morgan fingerprint density at radius 2 is 1.00 bits per heavy atom. The van der Waals surface area contributed by atoms with Crippen LogP contribution in [0.1, 0.15) is 41.7 Å². The van der Waals surface area contributed by atoms with Crippen molar-refractivity contribution in [2.24, 2.45) is 0 Å². The van der Waals surface area contributed by atoms with E-state index in [1.807, 2.05) is 48.5 Å². The van der Waals surface area contributed by atoms with E-state index in [-0.39, 0.29) is 5.41 Å². The number of fused-ring (bicyclic) bond motifs is 10. The minimum atomic E-state index is -0.144. The maximum Gasteiger partial charge on any atom is 0.0991 e. The van der Waals surface area contributed by atoms with E-state index in [0.29, 0.717) is 16.7 Å². The van der Waals surface area contributed by atoms with Gasteiger partial charge in [-0.1, -0.05) is 50.2 Å². The molecule has 1 aliphatic carbocycles. The van der Waals surface area contributed by atoms with Crippen molar-refractivity contribution in [1.82, 2.24) is 9.13 Å². The average Bonchev–Trinajstić information content (AvgIpc) is 3.70. The topological polar surface area (TPSA) is 81.2 Å². The smallest absolute Gasteiger partial charge is 0.0991 e. The van der Waals surface area contributed by atoms with Gasteiger partial charge in [-0.05, 0) is 101 Å². The molecule has 6 aromatic carbocycles. The molecule has 0 saturated heterocycles. The lowest BCUT2D eigenvalue weighted by Gasteiger charge is -2.21. The van der Waals surface area contributed by atoms with E-state index in [2.05, 4.69) is 108 Å². The second kappa shape index (κ2) is 9.45. The van der Waals surface area contributed by atoms with E-state index in [1.165, 1.54) is 22.3 Å². The molecular weight excluding hydrogens is 574 g/mol. The Balaban J connectivity index is 1.36. The fourth-order valence-electron chi connectivity index (χ4n) is 7.86. The Labute approximate surface area is 271 Å². The standard InChI is InChI=1S/C42H25N5/c1-42(2)34-9-4-3-8-30(34)40-35(42)13-17-39-41(40)33-20-27(24-45)12-16-38(33)47(39)29-7-5-6-28(21-29)46-36-14-10-25(22-43)18-31(36)32-19-26(23-44)11-15-37(32)46/h3-21H,1-2H3. The molecule has 0 spiro atoms. The summed E-state index contributed by atoms with van der Waals surface area (Å²) in [6.07, 6.45) is 0. The van der Waals surface area contributed by atoms with Crippen LogP contribution in [0.5, 0.6) is 0 Å². The van der Waals surface area contributed by atoms with Gasteiger partial charge < -0.3 is 9.13 Å². The van der Waals surface area contributed by atoms with Gasteiger partial charge in [-0.25, -0.2) is 0 Å². The predicted octanol–water partition coefficient (Wildman–Crippen LogP) is 9.80. The first-order valence-electron chi connectivity index (χ1n) is 15.5. The van der Waals surface area contributed by atoms with Gasteiger partial charge in [-0.2, -0.15) is 15.8 Å². The molecule has 5 heteroatoms. The number of nitrogens with zero attached hydrogens (tertiary/aromatic N) is 5. The van der Waals surface area contributed by atoms with Crippen molar-refractivity contribution in [3.05, 3.63) is 143 Å². The van der Waals surface area contributed by atoms with E-state index in [9.17, 15) is 15.8 Å². The summed E-state index contributed by atoms with van der Waals surface area (Å²) in [5.41, 5.74) is 12.7. The van der Waals surface area contributed by atoms with Crippen LogP contribution in [0, 0.1) is 34.0 Å². The Hall–Kier alpha value is -6.61. The Kier molecular flexibility index (Phi) is 5.38. The van der Waals surface area contributed by atoms with Gasteiger partial charge in [0.05, 0.1) is 57.0 Å². The van der Waals surface area contributed by atoms with Crippen molar-refractivity contribution >= 4 is 43.6 Å². The van der Waals surface area contributed by atoms with Gasteiger partial charge in [0, 0.05) is 38.3 Å². The zero-order chi connectivity index (χ0) is 32.0. The van der Waals surface area contributed by atoms with E-state index in [1.54, 1.807) is 0 Å². The van der Waals surface area contributed by atoms with Gasteiger partial charge in [0.15, 0.2) is 0 Å². The van der Waals surface area contributed by atoms with Crippen molar-refractivity contribution < 1.29 is 0 Å². The zero-order valence-electron chi connectivity index (χ0n) is 25.7. The number of nitriles is 3. The Morgan fingerprint density at radius 1 is 0.489 bits per heavy atom. The predicted molar refractivity (Wildman–Crippen MR) is 187 cm³/mol. The highest BCUT2D eigenvalue weighted by Gasteiger charge is 2.37. The van der Waals surface area contributed by atoms with Crippen LogP contribution in [0.3, 0.4) is 0 Å². The molecule has 9 rings (SSSR count). The van der Waals surface area contributed by atoms with E-state index in [0.717, 1.165) is 55.0 Å². The molecule has 47 heavy (non-hydrogen) atoms. The molecule has 0 radical (unpaired) electrons. The quantitative estimate of drug-likeness (QED) is 0.198. The third kappa shape index (κ3) is 3.56. The lowest BCUT2D eigenvalue weighted by atomic mass is 9.82. The minimum Gasteiger partial charge on any atom is -0.309 e. The molecule has 0 unspecified atom stereocenters. The molecule has 0 N–H and O–H groups in total. The summed E-state index contributed by atoms with van der Waals surface area (Å²) in [5, 5.41) is 33.3. The zero-order valence-corrected chi connectivity index (χ0v) is 25.7. The van der Waals surface area contributed by atoms with Crippen molar-refractivity contribution in [2.75, 3.05) is 0 Å². The highest BCUT2D eigenvalue weighted by atomic mass is 15.0. The summed E-state index contributed by atoms with van der Waals surface area (Å²) >= 11 is 0. The largest absolute Gasteiger partial charge is 0.309 e. The number of aromatic nitrogens is 2. The van der Waals surface area contributed by atoms with Gasteiger partial charge in [-0.3, -0.25) is 0 Å². The third-order valence-corrected chi connectivity index (χ3v) is 9.97. The fourth-order valence-corrected chi connectivity index (χ4v) is 7.86. The van der Waals surface area contributed by atoms with Gasteiger partial charge in [0.25, 0.3) is 0 Å². The normalized spacial score (nSPS) is 13.0. The van der Waals surface area contributed by atoms with Crippen LogP contribution in [0.2, 0.25) is 0 Å². The highest BCUT2D eigenvalue weighted by Crippen LogP contribution is 2.53. The van der Waals surface area contributed by atoms with Crippen LogP contribution in [-0.2, 0) is 5.41 Å². The van der Waals surface area contributed by atoms with E-state index < -0.39 is 0 Å². The first-order chi connectivity index (χ1) is 22.9. The second-order valence-electron chi connectivity index (χ2n) is 12.8. The molecular formula is C42H25N5. The number of hydrogen-bond donors (Lipinski definition) is 0. The molecule has 0 saturated carbocycles. The summed E-state index contributed by atoms with van der Waals surface area (Å²) in [4.78, 5) is 0. The van der Waals surface area contributed by atoms with Crippen LogP contribution in [-0.4, -0.2) is 9.13 Å². The Bertz CT molecular complexity index is 2730. The molecule has 2 aromatic heterocycles. The van der Waals surface area contributed by atoms with Crippen molar-refractivity contribution in [1.29, 1.82) is 15.8 Å². The summed E-state index contributed by atoms with van der Waals surface area (Å²) in [6, 6.07) is 46.0. The van der Waals surface area contributed by atoms with Gasteiger partial charge in [0.1, 0.15) is 0 Å². The third-order valence-electron chi connectivity index (χ3n) is 9.97. The molecule has 0 bridgehead atoms. The molecule has 8 aromatic rings. The first-order valence-corrected chi connectivity index (χ1v) is 15.5. The first kappa shape index (κ1) is 26.8. The minimum absolute atomic E-state index is 0.144. The summed E-state index contributed by atoms with van der Waals surface area (Å²) in [5.74, 6) is 0. The molecule has 1 aliphatic rings. The molecule has 5 nitrogen and oxygen atoms in total. The van der Waals surface area contributed by atoms with Crippen molar-refractivity contribution in [2.45, 2.75) is 19.3 Å². The van der Waals surface area contributed by atoms with E-state index >= 15 is 0 Å². The molecule has 0 atom stereocenters. The van der Waals surface area contributed by atoms with Crippen LogP contribution in [0.15, 0.2) is 115 Å². The highest BCUT2D eigenvalue weighted by molar-refractivity contribution is 6.18. The van der Waals surface area contributed by atoms with Gasteiger partial charge >= 0.3 is 0 Å². The van der Waals surface area contributed by atoms with Crippen LogP contribution in [0.25, 0.3) is 66.1 Å². The average molecular weight is 600 g/mol. The SMILES string of the molecule is CC1(C)c2ccccc2-c2c1ccc1c2c2cc(C#N)ccc2n1-c1cccc(-n2c3ccc(C#N)cc3c3cc(C#N)ccc32)c1. The molecule has 0 amide bonds. The van der Waals surface area contributed by atoms with Gasteiger partial charge in [0.2, 0.25) is 0 Å². The van der Waals surface area contributed by atoms with Crippen LogP contribution >= 0.6 is 0 Å². The molecule has 2 heterocycles. The molecule has 0 fully saturated rings.